The predicted molar refractivity (Wildman–Crippen MR) is 75.6 cm³/mol. The number of nitrogens with zero attached hydrogens (tertiary/aromatic N) is 2. The number of carboxylic acids is 1. The van der Waals surface area contributed by atoms with E-state index >= 15 is 0 Å². The number of rotatable bonds is 4. The van der Waals surface area contributed by atoms with E-state index in [9.17, 15) is 9.59 Å². The molecule has 2 amide bonds. The summed E-state index contributed by atoms with van der Waals surface area (Å²) in [5, 5.41) is 12.0. The molecular formula is C14H25N3O3. The summed E-state index contributed by atoms with van der Waals surface area (Å²) in [4.78, 5) is 27.2. The topological polar surface area (TPSA) is 72.9 Å². The zero-order valence-electron chi connectivity index (χ0n) is 12.2. The zero-order chi connectivity index (χ0) is 14.5. The first-order valence-electron chi connectivity index (χ1n) is 7.57. The van der Waals surface area contributed by atoms with Gasteiger partial charge in [0.2, 0.25) is 0 Å². The molecule has 2 unspecified atom stereocenters. The number of likely N-dealkylation sites (tertiary alicyclic amines) is 2. The predicted octanol–water partition coefficient (Wildman–Crippen LogP) is 0.977. The van der Waals surface area contributed by atoms with Crippen molar-refractivity contribution in [3.8, 4) is 0 Å². The molecule has 2 fully saturated rings. The second-order valence-corrected chi connectivity index (χ2v) is 5.88. The number of carbonyl (C=O) groups is 2. The average molecular weight is 283 g/mol. The third kappa shape index (κ3) is 3.85. The summed E-state index contributed by atoms with van der Waals surface area (Å²) in [7, 11) is 0. The minimum Gasteiger partial charge on any atom is -0.481 e. The van der Waals surface area contributed by atoms with Gasteiger partial charge in [0.25, 0.3) is 0 Å². The smallest absolute Gasteiger partial charge is 0.317 e. The molecule has 2 aliphatic heterocycles. The summed E-state index contributed by atoms with van der Waals surface area (Å²) in [6, 6.07) is -0.0582. The van der Waals surface area contributed by atoms with Gasteiger partial charge in [-0.25, -0.2) is 4.79 Å². The van der Waals surface area contributed by atoms with Crippen LogP contribution in [-0.4, -0.2) is 65.7 Å². The van der Waals surface area contributed by atoms with Gasteiger partial charge in [-0.2, -0.15) is 0 Å². The van der Waals surface area contributed by atoms with Crippen LogP contribution in [0.15, 0.2) is 0 Å². The van der Waals surface area contributed by atoms with Gasteiger partial charge < -0.3 is 20.2 Å². The van der Waals surface area contributed by atoms with Gasteiger partial charge in [-0.1, -0.05) is 0 Å². The van der Waals surface area contributed by atoms with Crippen molar-refractivity contribution in [2.24, 2.45) is 5.92 Å². The van der Waals surface area contributed by atoms with Crippen LogP contribution in [0.3, 0.4) is 0 Å². The molecule has 2 heterocycles. The normalized spacial score (nSPS) is 27.6. The largest absolute Gasteiger partial charge is 0.481 e. The van der Waals surface area contributed by atoms with Crippen molar-refractivity contribution in [2.75, 3.05) is 32.7 Å². The number of urea groups is 1. The van der Waals surface area contributed by atoms with Crippen LogP contribution in [0.1, 0.15) is 32.6 Å². The first kappa shape index (κ1) is 15.1. The molecule has 114 valence electrons. The van der Waals surface area contributed by atoms with Crippen LogP contribution in [0.2, 0.25) is 0 Å². The maximum Gasteiger partial charge on any atom is 0.317 e. The Kier molecular flexibility index (Phi) is 5.23. The number of hydrogen-bond donors (Lipinski definition) is 2. The fraction of sp³-hybridized carbons (Fsp3) is 0.857. The van der Waals surface area contributed by atoms with Gasteiger partial charge >= 0.3 is 12.0 Å². The Labute approximate surface area is 120 Å². The van der Waals surface area contributed by atoms with Crippen molar-refractivity contribution in [3.05, 3.63) is 0 Å². The molecule has 0 bridgehead atoms. The number of carboxylic acid groups (broad SMARTS) is 1. The zero-order valence-corrected chi connectivity index (χ0v) is 12.2. The van der Waals surface area contributed by atoms with Crippen LogP contribution in [-0.2, 0) is 4.79 Å². The molecule has 0 aromatic heterocycles. The van der Waals surface area contributed by atoms with Crippen LogP contribution in [0.5, 0.6) is 0 Å². The maximum absolute atomic E-state index is 12.1. The van der Waals surface area contributed by atoms with Gasteiger partial charge in [0, 0.05) is 25.7 Å². The van der Waals surface area contributed by atoms with E-state index in [4.69, 9.17) is 5.11 Å². The maximum atomic E-state index is 12.1. The van der Waals surface area contributed by atoms with Gasteiger partial charge in [-0.15, -0.1) is 0 Å². The van der Waals surface area contributed by atoms with E-state index in [2.05, 4.69) is 10.2 Å². The van der Waals surface area contributed by atoms with Gasteiger partial charge in [0.15, 0.2) is 0 Å². The van der Waals surface area contributed by atoms with Crippen molar-refractivity contribution < 1.29 is 14.7 Å². The molecule has 0 radical (unpaired) electrons. The molecular weight excluding hydrogens is 258 g/mol. The molecule has 0 aromatic rings. The minimum absolute atomic E-state index is 0.00311. The molecule has 6 heteroatoms. The third-order valence-electron chi connectivity index (χ3n) is 4.39. The van der Waals surface area contributed by atoms with Crippen molar-refractivity contribution in [1.82, 2.24) is 15.1 Å². The highest BCUT2D eigenvalue weighted by molar-refractivity contribution is 5.75. The summed E-state index contributed by atoms with van der Waals surface area (Å²) in [5.41, 5.74) is 0. The Morgan fingerprint density at radius 3 is 2.55 bits per heavy atom. The van der Waals surface area contributed by atoms with Crippen LogP contribution >= 0.6 is 0 Å². The monoisotopic (exact) mass is 283 g/mol. The molecule has 0 aromatic carbocycles. The highest BCUT2D eigenvalue weighted by Crippen LogP contribution is 2.22. The molecule has 2 atom stereocenters. The Morgan fingerprint density at radius 1 is 1.25 bits per heavy atom. The molecule has 0 spiro atoms. The van der Waals surface area contributed by atoms with E-state index in [1.54, 1.807) is 4.90 Å². The number of carbonyl (C=O) groups excluding carboxylic acids is 1. The van der Waals surface area contributed by atoms with Crippen molar-refractivity contribution in [1.29, 1.82) is 0 Å². The molecule has 2 rings (SSSR count). The van der Waals surface area contributed by atoms with Crippen molar-refractivity contribution in [3.63, 3.8) is 0 Å². The summed E-state index contributed by atoms with van der Waals surface area (Å²) < 4.78 is 0. The van der Waals surface area contributed by atoms with E-state index in [-0.39, 0.29) is 18.0 Å². The lowest BCUT2D eigenvalue weighted by molar-refractivity contribution is -0.143. The van der Waals surface area contributed by atoms with Crippen LogP contribution < -0.4 is 5.32 Å². The number of nitrogens with one attached hydrogen (secondary N) is 1. The molecule has 6 nitrogen and oxygen atoms in total. The Balaban J connectivity index is 1.70. The van der Waals surface area contributed by atoms with Crippen LogP contribution in [0.25, 0.3) is 0 Å². The summed E-state index contributed by atoms with van der Waals surface area (Å²) >= 11 is 0. The van der Waals surface area contributed by atoms with E-state index in [1.165, 1.54) is 12.8 Å². The van der Waals surface area contributed by atoms with Gasteiger partial charge in [0.1, 0.15) is 0 Å². The van der Waals surface area contributed by atoms with E-state index in [0.29, 0.717) is 25.9 Å². The van der Waals surface area contributed by atoms with Crippen molar-refractivity contribution in [2.45, 2.75) is 38.6 Å². The van der Waals surface area contributed by atoms with E-state index in [0.717, 1.165) is 19.6 Å². The number of amides is 2. The molecule has 2 aliphatic rings. The average Bonchev–Trinajstić information content (AvgIpc) is 2.91. The Hall–Kier alpha value is -1.30. The lowest BCUT2D eigenvalue weighted by Gasteiger charge is -2.36. The van der Waals surface area contributed by atoms with Crippen molar-refractivity contribution >= 4 is 12.0 Å². The number of piperidine rings is 1. The molecule has 20 heavy (non-hydrogen) atoms. The lowest BCUT2D eigenvalue weighted by Crippen LogP contribution is -2.51. The second kappa shape index (κ2) is 6.92. The highest BCUT2D eigenvalue weighted by Gasteiger charge is 2.32. The van der Waals surface area contributed by atoms with Crippen LogP contribution in [0.4, 0.5) is 4.79 Å². The van der Waals surface area contributed by atoms with E-state index < -0.39 is 5.97 Å². The Bertz CT molecular complexity index is 356. The Morgan fingerprint density at radius 2 is 1.95 bits per heavy atom. The first-order chi connectivity index (χ1) is 9.58. The molecule has 0 saturated carbocycles. The lowest BCUT2D eigenvalue weighted by atomic mass is 9.92. The van der Waals surface area contributed by atoms with Crippen LogP contribution in [0, 0.1) is 5.92 Å². The quantitative estimate of drug-likeness (QED) is 0.806. The van der Waals surface area contributed by atoms with E-state index in [1.807, 2.05) is 6.92 Å². The minimum atomic E-state index is -0.744. The number of aliphatic carboxylic acids is 1. The fourth-order valence-corrected chi connectivity index (χ4v) is 3.13. The van der Waals surface area contributed by atoms with Gasteiger partial charge in [0.05, 0.1) is 5.92 Å². The summed E-state index contributed by atoms with van der Waals surface area (Å²) in [5.74, 6) is -1.05. The molecule has 2 N–H and O–H groups in total. The summed E-state index contributed by atoms with van der Waals surface area (Å²) in [6.45, 7) is 6.31. The summed E-state index contributed by atoms with van der Waals surface area (Å²) in [6.07, 6.45) is 3.62. The first-order valence-corrected chi connectivity index (χ1v) is 7.57. The third-order valence-corrected chi connectivity index (χ3v) is 4.39. The standard InChI is InChI=1S/C14H25N3O3/c1-11-10-12(13(18)19)4-8-17(11)14(20)15-5-9-16-6-2-3-7-16/h11-12H,2-10H2,1H3,(H,15,20)(H,18,19). The molecule has 2 saturated heterocycles. The SMILES string of the molecule is CC1CC(C(=O)O)CCN1C(=O)NCCN1CCCC1. The highest BCUT2D eigenvalue weighted by atomic mass is 16.4. The second-order valence-electron chi connectivity index (χ2n) is 5.88. The number of hydrogen-bond acceptors (Lipinski definition) is 3. The van der Waals surface area contributed by atoms with Gasteiger partial charge in [-0.3, -0.25) is 4.79 Å². The van der Waals surface area contributed by atoms with Gasteiger partial charge in [-0.05, 0) is 45.7 Å². The fourth-order valence-electron chi connectivity index (χ4n) is 3.13. The molecule has 0 aliphatic carbocycles.